The molecule has 0 bridgehead atoms. The second-order valence-electron chi connectivity index (χ2n) is 11.0. The molecule has 3 atom stereocenters. The number of aliphatic carboxylic acids is 2. The van der Waals surface area contributed by atoms with Gasteiger partial charge >= 0.3 is 29.3 Å². The molecule has 4 rings (SSSR count). The van der Waals surface area contributed by atoms with E-state index < -0.39 is 72.1 Å². The number of carboxylic acids is 2. The van der Waals surface area contributed by atoms with Gasteiger partial charge in [0, 0.05) is 24.4 Å². The minimum absolute atomic E-state index is 0.0557. The van der Waals surface area contributed by atoms with E-state index in [1.807, 2.05) is 17.5 Å². The molecule has 3 heterocycles. The fourth-order valence-electron chi connectivity index (χ4n) is 5.13. The molecule has 0 saturated carbocycles. The van der Waals surface area contributed by atoms with Crippen molar-refractivity contribution in [2.75, 3.05) is 13.2 Å². The number of Topliss-reactive ketones (excluding diaryl/α,β-unsaturated/α-hetero) is 1. The number of carbonyl (C=O) groups is 6. The van der Waals surface area contributed by atoms with E-state index in [4.69, 9.17) is 33.0 Å². The number of thiophene rings is 1. The number of carbonyl (C=O) groups excluding carboxylic acids is 4. The van der Waals surface area contributed by atoms with Crippen LogP contribution in [0.5, 0.6) is 0 Å². The molecule has 19 heteroatoms. The molecule has 2 amide bonds. The van der Waals surface area contributed by atoms with Crippen LogP contribution in [0.3, 0.4) is 0 Å². The molecule has 2 unspecified atom stereocenters. The lowest BCUT2D eigenvalue weighted by molar-refractivity contribution is -0.141. The number of nitrogens with zero attached hydrogens (tertiary/aromatic N) is 3. The van der Waals surface area contributed by atoms with E-state index in [2.05, 4.69) is 10.6 Å². The van der Waals surface area contributed by atoms with Crippen molar-refractivity contribution >= 4 is 70.0 Å². The van der Waals surface area contributed by atoms with Crippen molar-refractivity contribution in [1.82, 2.24) is 24.6 Å². The molecule has 50 heavy (non-hydrogen) atoms. The minimum Gasteiger partial charge on any atom is -0.481 e. The zero-order valence-corrected chi connectivity index (χ0v) is 28.4. The number of benzene rings is 1. The molecule has 3 aromatic rings. The van der Waals surface area contributed by atoms with Crippen molar-refractivity contribution in [2.24, 2.45) is 0 Å². The second-order valence-corrected chi connectivity index (χ2v) is 12.8. The molecular formula is C31H31Cl2N5O11S. The van der Waals surface area contributed by atoms with E-state index >= 15 is 0 Å². The molecular weight excluding hydrogens is 721 g/mol. The van der Waals surface area contributed by atoms with Gasteiger partial charge in [-0.05, 0) is 36.4 Å². The number of aromatic nitrogens is 3. The Morgan fingerprint density at radius 1 is 0.940 bits per heavy atom. The molecule has 0 spiro atoms. The quantitative estimate of drug-likeness (QED) is 0.115. The summed E-state index contributed by atoms with van der Waals surface area (Å²) in [6, 6.07) is 3.73. The number of ketones is 1. The predicted molar refractivity (Wildman–Crippen MR) is 179 cm³/mol. The summed E-state index contributed by atoms with van der Waals surface area (Å²) in [5.41, 5.74) is -2.03. The normalized spacial score (nSPS) is 15.5. The van der Waals surface area contributed by atoms with Gasteiger partial charge in [0.25, 0.3) is 0 Å². The maximum atomic E-state index is 13.6. The van der Waals surface area contributed by atoms with E-state index in [0.717, 1.165) is 18.8 Å². The Kier molecular flexibility index (Phi) is 12.9. The van der Waals surface area contributed by atoms with E-state index in [1.54, 1.807) is 0 Å². The van der Waals surface area contributed by atoms with Crippen LogP contribution in [0.1, 0.15) is 53.0 Å². The average Bonchev–Trinajstić information content (AvgIpc) is 3.65. The third-order valence-corrected chi connectivity index (χ3v) is 9.00. The van der Waals surface area contributed by atoms with E-state index in [1.165, 1.54) is 41.7 Å². The molecule has 0 aliphatic carbocycles. The number of carboxylic acid groups (broad SMARTS) is 2. The number of hydrogen-bond acceptors (Lipinski definition) is 10. The second kappa shape index (κ2) is 17.1. The first-order valence-electron chi connectivity index (χ1n) is 15.1. The number of esters is 1. The average molecular weight is 753 g/mol. The van der Waals surface area contributed by atoms with Gasteiger partial charge in [-0.2, -0.15) is 0 Å². The Morgan fingerprint density at radius 2 is 1.64 bits per heavy atom. The lowest BCUT2D eigenvalue weighted by Gasteiger charge is -2.27. The van der Waals surface area contributed by atoms with E-state index in [-0.39, 0.29) is 60.3 Å². The maximum absolute atomic E-state index is 13.6. The molecule has 0 saturated heterocycles. The number of ether oxygens (including phenoxy) is 1. The van der Waals surface area contributed by atoms with Gasteiger partial charge in [0.05, 0.1) is 34.5 Å². The molecule has 4 N–H and O–H groups in total. The van der Waals surface area contributed by atoms with Crippen molar-refractivity contribution in [2.45, 2.75) is 56.8 Å². The van der Waals surface area contributed by atoms with Crippen LogP contribution in [-0.2, 0) is 41.7 Å². The van der Waals surface area contributed by atoms with Crippen molar-refractivity contribution in [3.05, 3.63) is 89.3 Å². The van der Waals surface area contributed by atoms with Gasteiger partial charge < -0.3 is 25.6 Å². The molecule has 1 aliphatic heterocycles. The van der Waals surface area contributed by atoms with Crippen LogP contribution < -0.4 is 22.0 Å². The molecule has 0 radical (unpaired) electrons. The Morgan fingerprint density at radius 3 is 2.28 bits per heavy atom. The third kappa shape index (κ3) is 9.36. The Labute approximate surface area is 296 Å². The van der Waals surface area contributed by atoms with Crippen molar-refractivity contribution in [1.29, 1.82) is 0 Å². The number of allylic oxidation sites excluding steroid dienone is 1. The SMILES string of the molecule is O=C(O)CCCn1c(=O)n2n(c1=O)C(C(=O)N[C@@H](CC(=O)O)C(=O)COC(=O)c1c(Cl)cccc1Cl)C=CC2CCNC(=O)Cc1cccs1. The summed E-state index contributed by atoms with van der Waals surface area (Å²) >= 11 is 13.4. The summed E-state index contributed by atoms with van der Waals surface area (Å²) < 4.78 is 7.61. The van der Waals surface area contributed by atoms with Crippen LogP contribution in [-0.4, -0.2) is 78.8 Å². The van der Waals surface area contributed by atoms with Gasteiger partial charge in [-0.1, -0.05) is 47.5 Å². The van der Waals surface area contributed by atoms with Gasteiger partial charge in [0.1, 0.15) is 6.04 Å². The molecule has 1 aromatic carbocycles. The van der Waals surface area contributed by atoms with Crippen molar-refractivity contribution in [3.8, 4) is 0 Å². The number of hydrogen-bond donors (Lipinski definition) is 4. The first-order chi connectivity index (χ1) is 23.8. The highest BCUT2D eigenvalue weighted by Gasteiger charge is 2.35. The summed E-state index contributed by atoms with van der Waals surface area (Å²) in [7, 11) is 0. The van der Waals surface area contributed by atoms with Crippen LogP contribution in [0.25, 0.3) is 0 Å². The summed E-state index contributed by atoms with van der Waals surface area (Å²) in [5.74, 6) is -6.02. The van der Waals surface area contributed by atoms with Crippen LogP contribution in [0.2, 0.25) is 10.0 Å². The summed E-state index contributed by atoms with van der Waals surface area (Å²) in [6.07, 6.45) is 1.69. The lowest BCUT2D eigenvalue weighted by atomic mass is 10.1. The highest BCUT2D eigenvalue weighted by Crippen LogP contribution is 2.25. The van der Waals surface area contributed by atoms with Gasteiger partial charge in [-0.3, -0.25) is 24.0 Å². The molecule has 2 aromatic heterocycles. The van der Waals surface area contributed by atoms with Crippen LogP contribution in [0, 0.1) is 0 Å². The minimum atomic E-state index is -1.73. The maximum Gasteiger partial charge on any atom is 0.348 e. The molecule has 266 valence electrons. The summed E-state index contributed by atoms with van der Waals surface area (Å²) in [6.45, 7) is -1.16. The summed E-state index contributed by atoms with van der Waals surface area (Å²) in [5, 5.41) is 25.2. The Bertz CT molecular complexity index is 1910. The number of nitrogens with one attached hydrogen (secondary N) is 2. The monoisotopic (exact) mass is 751 g/mol. The lowest BCUT2D eigenvalue weighted by Crippen LogP contribution is -2.49. The fourth-order valence-corrected chi connectivity index (χ4v) is 6.39. The topological polar surface area (TPSA) is 225 Å². The van der Waals surface area contributed by atoms with Crippen LogP contribution in [0.15, 0.2) is 57.5 Å². The standard InChI is InChI=1S/C31H31Cl2N5O11S/c32-19-5-1-6-20(33)27(19)29(46)49-16-23(39)21(15-26(43)44)35-28(45)22-9-8-17(10-11-34-24(40)14-18-4-3-13-50-18)37-30(47)36(31(48)38(22)37)12-2-7-25(41)42/h1,3-6,8-9,13,17,21-22H,2,7,10-12,14-16H2,(H,34,40)(H,35,45)(H,41,42)(H,43,44)/t17?,21-,22?/m0/s1. The van der Waals surface area contributed by atoms with Crippen molar-refractivity contribution in [3.63, 3.8) is 0 Å². The van der Waals surface area contributed by atoms with Crippen LogP contribution >= 0.6 is 34.5 Å². The van der Waals surface area contributed by atoms with Crippen LogP contribution in [0.4, 0.5) is 0 Å². The van der Waals surface area contributed by atoms with Gasteiger partial charge in [-0.15, -0.1) is 11.3 Å². The number of amides is 2. The van der Waals surface area contributed by atoms with Crippen molar-refractivity contribution < 1.29 is 43.7 Å². The zero-order valence-electron chi connectivity index (χ0n) is 26.1. The van der Waals surface area contributed by atoms with E-state index in [0.29, 0.717) is 0 Å². The van der Waals surface area contributed by atoms with Gasteiger partial charge in [0.15, 0.2) is 18.4 Å². The Balaban J connectivity index is 1.54. The Hall–Kier alpha value is -5.00. The number of fused-ring (bicyclic) bond motifs is 1. The molecule has 16 nitrogen and oxygen atoms in total. The van der Waals surface area contributed by atoms with E-state index in [9.17, 15) is 43.5 Å². The number of rotatable bonds is 17. The summed E-state index contributed by atoms with van der Waals surface area (Å²) in [4.78, 5) is 102. The predicted octanol–water partition coefficient (Wildman–Crippen LogP) is 1.83. The molecule has 0 fully saturated rings. The zero-order chi connectivity index (χ0) is 36.5. The highest BCUT2D eigenvalue weighted by atomic mass is 35.5. The third-order valence-electron chi connectivity index (χ3n) is 7.49. The first kappa shape index (κ1) is 37.8. The van der Waals surface area contributed by atoms with Gasteiger partial charge in [0.2, 0.25) is 11.8 Å². The smallest absolute Gasteiger partial charge is 0.348 e. The fraction of sp³-hybridized carbons (Fsp3) is 0.355. The largest absolute Gasteiger partial charge is 0.481 e. The van der Waals surface area contributed by atoms with Gasteiger partial charge in [-0.25, -0.2) is 28.3 Å². The number of halogens is 2. The highest BCUT2D eigenvalue weighted by molar-refractivity contribution is 7.10. The first-order valence-corrected chi connectivity index (χ1v) is 16.7. The molecule has 1 aliphatic rings.